The number of hydrogen-bond donors (Lipinski definition) is 0. The molecular formula is C15H11NOS2. The Morgan fingerprint density at radius 2 is 2.00 bits per heavy atom. The van der Waals surface area contributed by atoms with Crippen LogP contribution >= 0.6 is 23.1 Å². The lowest BCUT2D eigenvalue weighted by atomic mass is 10.2. The number of fused-ring (bicyclic) bond motifs is 1. The van der Waals surface area contributed by atoms with Gasteiger partial charge in [0.2, 0.25) is 0 Å². The molecule has 19 heavy (non-hydrogen) atoms. The second-order valence-corrected chi connectivity index (χ2v) is 5.97. The van der Waals surface area contributed by atoms with Crippen LogP contribution in [-0.2, 0) is 0 Å². The highest BCUT2D eigenvalue weighted by Crippen LogP contribution is 2.21. The summed E-state index contributed by atoms with van der Waals surface area (Å²) >= 11 is 2.97. The molecule has 2 aromatic heterocycles. The number of thiophene rings is 1. The highest BCUT2D eigenvalue weighted by atomic mass is 32.2. The number of ketones is 1. The Kier molecular flexibility index (Phi) is 3.62. The monoisotopic (exact) mass is 285 g/mol. The molecule has 94 valence electrons. The Hall–Kier alpha value is -1.65. The number of aromatic nitrogens is 1. The molecule has 0 aliphatic rings. The van der Waals surface area contributed by atoms with Gasteiger partial charge < -0.3 is 0 Å². The van der Waals surface area contributed by atoms with Gasteiger partial charge in [-0.25, -0.2) is 4.98 Å². The van der Waals surface area contributed by atoms with Crippen molar-refractivity contribution < 1.29 is 4.79 Å². The van der Waals surface area contributed by atoms with Crippen LogP contribution in [0.15, 0.2) is 58.9 Å². The first-order chi connectivity index (χ1) is 9.33. The van der Waals surface area contributed by atoms with Crippen molar-refractivity contribution in [1.29, 1.82) is 0 Å². The number of carbonyl (C=O) groups is 1. The van der Waals surface area contributed by atoms with E-state index in [1.807, 2.05) is 53.9 Å². The molecule has 0 saturated carbocycles. The zero-order valence-corrected chi connectivity index (χ0v) is 11.7. The van der Waals surface area contributed by atoms with E-state index in [2.05, 4.69) is 4.98 Å². The summed E-state index contributed by atoms with van der Waals surface area (Å²) in [4.78, 5) is 17.3. The van der Waals surface area contributed by atoms with Gasteiger partial charge in [0.1, 0.15) is 0 Å². The van der Waals surface area contributed by atoms with Gasteiger partial charge in [-0.15, -0.1) is 11.3 Å². The van der Waals surface area contributed by atoms with Crippen LogP contribution in [0.25, 0.3) is 10.9 Å². The van der Waals surface area contributed by atoms with Crippen LogP contribution < -0.4 is 0 Å². The number of hydrogen-bond acceptors (Lipinski definition) is 4. The Bertz CT molecular complexity index is 707. The third-order valence-corrected chi connectivity index (χ3v) is 4.56. The molecule has 0 saturated heterocycles. The van der Waals surface area contributed by atoms with Crippen molar-refractivity contribution in [2.24, 2.45) is 0 Å². The summed E-state index contributed by atoms with van der Waals surface area (Å²) in [5.41, 5.74) is 0.969. The summed E-state index contributed by atoms with van der Waals surface area (Å²) in [5, 5.41) is 3.94. The fraction of sp³-hybridized carbons (Fsp3) is 0.0667. The van der Waals surface area contributed by atoms with Crippen molar-refractivity contribution >= 4 is 39.8 Å². The standard InChI is InChI=1S/C15H11NOS2/c17-13(14-6-3-9-18-14)10-19-15-8-7-11-4-1-2-5-12(11)16-15/h1-9H,10H2. The average molecular weight is 285 g/mol. The number of Topliss-reactive ketones (excluding diaryl/α,β-unsaturated/α-hetero) is 1. The van der Waals surface area contributed by atoms with Crippen molar-refractivity contribution in [1.82, 2.24) is 4.98 Å². The van der Waals surface area contributed by atoms with E-state index >= 15 is 0 Å². The first-order valence-corrected chi connectivity index (χ1v) is 7.75. The smallest absolute Gasteiger partial charge is 0.183 e. The van der Waals surface area contributed by atoms with E-state index in [4.69, 9.17) is 0 Å². The van der Waals surface area contributed by atoms with E-state index in [0.717, 1.165) is 20.8 Å². The molecular weight excluding hydrogens is 274 g/mol. The van der Waals surface area contributed by atoms with Gasteiger partial charge in [0.25, 0.3) is 0 Å². The maximum atomic E-state index is 11.9. The molecule has 0 unspecified atom stereocenters. The number of rotatable bonds is 4. The number of thioether (sulfide) groups is 1. The largest absolute Gasteiger partial charge is 0.292 e. The van der Waals surface area contributed by atoms with Gasteiger partial charge in [0.05, 0.1) is 21.2 Å². The highest BCUT2D eigenvalue weighted by molar-refractivity contribution is 8.00. The van der Waals surface area contributed by atoms with Crippen LogP contribution in [0.1, 0.15) is 9.67 Å². The molecule has 0 radical (unpaired) electrons. The van der Waals surface area contributed by atoms with Crippen LogP contribution in [0.3, 0.4) is 0 Å². The van der Waals surface area contributed by atoms with Crippen LogP contribution in [0.4, 0.5) is 0 Å². The zero-order chi connectivity index (χ0) is 13.1. The van der Waals surface area contributed by atoms with Gasteiger partial charge in [-0.1, -0.05) is 42.1 Å². The minimum atomic E-state index is 0.162. The first-order valence-electron chi connectivity index (χ1n) is 5.88. The minimum absolute atomic E-state index is 0.162. The number of carbonyl (C=O) groups excluding carboxylic acids is 1. The number of pyridine rings is 1. The Balaban J connectivity index is 1.73. The van der Waals surface area contributed by atoms with Crippen molar-refractivity contribution in [3.05, 3.63) is 58.8 Å². The third-order valence-electron chi connectivity index (χ3n) is 2.72. The summed E-state index contributed by atoms with van der Waals surface area (Å²) < 4.78 is 0. The summed E-state index contributed by atoms with van der Waals surface area (Å²) in [6.07, 6.45) is 0. The molecule has 2 nitrogen and oxygen atoms in total. The lowest BCUT2D eigenvalue weighted by Crippen LogP contribution is -1.99. The summed E-state index contributed by atoms with van der Waals surface area (Å²) in [6, 6.07) is 15.8. The highest BCUT2D eigenvalue weighted by Gasteiger charge is 2.08. The van der Waals surface area contributed by atoms with E-state index in [1.54, 1.807) is 0 Å². The molecule has 3 rings (SSSR count). The lowest BCUT2D eigenvalue weighted by molar-refractivity contribution is 0.102. The molecule has 0 amide bonds. The van der Waals surface area contributed by atoms with Crippen LogP contribution in [0.2, 0.25) is 0 Å². The first kappa shape index (κ1) is 12.4. The van der Waals surface area contributed by atoms with Gasteiger partial charge in [-0.3, -0.25) is 4.79 Å². The molecule has 3 aromatic rings. The van der Waals surface area contributed by atoms with Gasteiger partial charge in [0.15, 0.2) is 5.78 Å². The fourth-order valence-electron chi connectivity index (χ4n) is 1.78. The van der Waals surface area contributed by atoms with Crippen molar-refractivity contribution in [2.45, 2.75) is 5.03 Å². The third kappa shape index (κ3) is 2.85. The summed E-state index contributed by atoms with van der Waals surface area (Å²) in [6.45, 7) is 0. The quantitative estimate of drug-likeness (QED) is 0.529. The van der Waals surface area contributed by atoms with Gasteiger partial charge >= 0.3 is 0 Å². The molecule has 0 N–H and O–H groups in total. The van der Waals surface area contributed by atoms with Crippen LogP contribution in [0, 0.1) is 0 Å². The number of benzene rings is 1. The molecule has 2 heterocycles. The topological polar surface area (TPSA) is 30.0 Å². The second kappa shape index (κ2) is 5.55. The average Bonchev–Trinajstić information content (AvgIpc) is 2.99. The van der Waals surface area contributed by atoms with E-state index in [9.17, 15) is 4.79 Å². The zero-order valence-electron chi connectivity index (χ0n) is 10.1. The predicted molar refractivity (Wildman–Crippen MR) is 81.1 cm³/mol. The maximum Gasteiger partial charge on any atom is 0.183 e. The molecule has 0 atom stereocenters. The minimum Gasteiger partial charge on any atom is -0.292 e. The Morgan fingerprint density at radius 3 is 2.84 bits per heavy atom. The van der Waals surface area contributed by atoms with Crippen molar-refractivity contribution in [3.63, 3.8) is 0 Å². The van der Waals surface area contributed by atoms with Crippen molar-refractivity contribution in [2.75, 3.05) is 5.75 Å². The van der Waals surface area contributed by atoms with E-state index < -0.39 is 0 Å². The summed E-state index contributed by atoms with van der Waals surface area (Å²) in [7, 11) is 0. The number of nitrogens with zero attached hydrogens (tertiary/aromatic N) is 1. The van der Waals surface area contributed by atoms with Crippen LogP contribution in [0.5, 0.6) is 0 Å². The predicted octanol–water partition coefficient (Wildman–Crippen LogP) is 4.27. The molecule has 0 bridgehead atoms. The normalized spacial score (nSPS) is 10.7. The molecule has 4 heteroatoms. The molecule has 0 fully saturated rings. The lowest BCUT2D eigenvalue weighted by Gasteiger charge is -2.01. The van der Waals surface area contributed by atoms with Gasteiger partial charge in [0, 0.05) is 5.39 Å². The van der Waals surface area contributed by atoms with E-state index in [-0.39, 0.29) is 5.78 Å². The number of para-hydroxylation sites is 1. The molecule has 0 aliphatic carbocycles. The SMILES string of the molecule is O=C(CSc1ccc2ccccc2n1)c1cccs1. The second-order valence-electron chi connectivity index (χ2n) is 4.03. The van der Waals surface area contributed by atoms with E-state index in [0.29, 0.717) is 5.75 Å². The van der Waals surface area contributed by atoms with Gasteiger partial charge in [-0.2, -0.15) is 0 Å². The van der Waals surface area contributed by atoms with E-state index in [1.165, 1.54) is 23.1 Å². The summed E-state index contributed by atoms with van der Waals surface area (Å²) in [5.74, 6) is 0.598. The van der Waals surface area contributed by atoms with Crippen LogP contribution in [-0.4, -0.2) is 16.5 Å². The molecule has 0 aliphatic heterocycles. The molecule has 0 spiro atoms. The Labute approximate surface area is 119 Å². The molecule has 1 aromatic carbocycles. The van der Waals surface area contributed by atoms with Gasteiger partial charge in [-0.05, 0) is 23.6 Å². The maximum absolute atomic E-state index is 11.9. The fourth-order valence-corrected chi connectivity index (χ4v) is 3.29. The Morgan fingerprint density at radius 1 is 1.11 bits per heavy atom. The van der Waals surface area contributed by atoms with Crippen molar-refractivity contribution in [3.8, 4) is 0 Å².